The lowest BCUT2D eigenvalue weighted by atomic mass is 10.1. The van der Waals surface area contributed by atoms with Crippen LogP contribution in [0.3, 0.4) is 0 Å². The minimum Gasteiger partial charge on any atom is -0.484 e. The van der Waals surface area contributed by atoms with Gasteiger partial charge >= 0.3 is 6.18 Å². The summed E-state index contributed by atoms with van der Waals surface area (Å²) in [7, 11) is 0. The van der Waals surface area contributed by atoms with Gasteiger partial charge in [0.05, 0.1) is 5.56 Å². The number of halogens is 4. The minimum absolute atomic E-state index is 0.124. The molecule has 8 heteroatoms. The fourth-order valence-electron chi connectivity index (χ4n) is 1.95. The van der Waals surface area contributed by atoms with Crippen LogP contribution in [0.4, 0.5) is 23.2 Å². The quantitative estimate of drug-likeness (QED) is 0.650. The van der Waals surface area contributed by atoms with Gasteiger partial charge in [-0.05, 0) is 49.4 Å². The number of carbonyl (C=O) groups excluding carboxylic acids is 2. The second-order valence-corrected chi connectivity index (χ2v) is 5.11. The Morgan fingerprint density at radius 3 is 2.28 bits per heavy atom. The van der Waals surface area contributed by atoms with Crippen molar-refractivity contribution >= 4 is 17.4 Å². The summed E-state index contributed by atoms with van der Waals surface area (Å²) < 4.78 is 56.2. The van der Waals surface area contributed by atoms with E-state index in [-0.39, 0.29) is 11.5 Å². The first-order valence-corrected chi connectivity index (χ1v) is 7.07. The average molecular weight is 355 g/mol. The molecular weight excluding hydrogens is 342 g/mol. The lowest BCUT2D eigenvalue weighted by molar-refractivity contribution is -0.140. The van der Waals surface area contributed by atoms with E-state index in [0.29, 0.717) is 23.4 Å². The maximum atomic E-state index is 13.2. The van der Waals surface area contributed by atoms with Gasteiger partial charge in [0.15, 0.2) is 12.4 Å². The van der Waals surface area contributed by atoms with Crippen molar-refractivity contribution in [2.45, 2.75) is 13.1 Å². The molecule has 0 aliphatic rings. The predicted octanol–water partition coefficient (Wildman–Crippen LogP) is 4.06. The van der Waals surface area contributed by atoms with Crippen molar-refractivity contribution in [1.82, 2.24) is 0 Å². The number of ether oxygens (including phenoxy) is 1. The molecular formula is C17H13F4NO3. The second-order valence-electron chi connectivity index (χ2n) is 5.11. The molecule has 0 aliphatic carbocycles. The molecule has 25 heavy (non-hydrogen) atoms. The number of carbonyl (C=O) groups is 2. The van der Waals surface area contributed by atoms with E-state index in [1.807, 2.05) is 0 Å². The highest BCUT2D eigenvalue weighted by atomic mass is 19.4. The van der Waals surface area contributed by atoms with Crippen LogP contribution in [0.2, 0.25) is 0 Å². The fourth-order valence-corrected chi connectivity index (χ4v) is 1.95. The summed E-state index contributed by atoms with van der Waals surface area (Å²) in [5, 5.41) is 2.20. The van der Waals surface area contributed by atoms with E-state index in [4.69, 9.17) is 4.74 Å². The first-order chi connectivity index (χ1) is 11.7. The topological polar surface area (TPSA) is 55.4 Å². The van der Waals surface area contributed by atoms with Crippen LogP contribution in [0.25, 0.3) is 0 Å². The van der Waals surface area contributed by atoms with E-state index in [9.17, 15) is 27.2 Å². The van der Waals surface area contributed by atoms with E-state index in [0.717, 1.165) is 6.07 Å². The Kier molecular flexibility index (Phi) is 5.41. The molecule has 0 atom stereocenters. The van der Waals surface area contributed by atoms with Crippen LogP contribution in [0, 0.1) is 5.82 Å². The van der Waals surface area contributed by atoms with E-state index in [1.54, 1.807) is 0 Å². The fraction of sp³-hybridized carbons (Fsp3) is 0.176. The predicted molar refractivity (Wildman–Crippen MR) is 82.0 cm³/mol. The zero-order valence-corrected chi connectivity index (χ0v) is 13.0. The molecule has 0 bridgehead atoms. The largest absolute Gasteiger partial charge is 0.484 e. The zero-order chi connectivity index (χ0) is 18.6. The number of anilines is 1. The molecule has 0 radical (unpaired) electrons. The first kappa shape index (κ1) is 18.4. The van der Waals surface area contributed by atoms with Crippen molar-refractivity contribution < 1.29 is 31.9 Å². The molecule has 132 valence electrons. The average Bonchev–Trinajstić information content (AvgIpc) is 2.54. The maximum Gasteiger partial charge on any atom is 0.419 e. The van der Waals surface area contributed by atoms with Crippen molar-refractivity contribution in [3.8, 4) is 5.75 Å². The first-order valence-electron chi connectivity index (χ1n) is 7.07. The summed E-state index contributed by atoms with van der Waals surface area (Å²) >= 11 is 0. The summed E-state index contributed by atoms with van der Waals surface area (Å²) in [4.78, 5) is 22.9. The molecule has 2 aromatic rings. The smallest absolute Gasteiger partial charge is 0.419 e. The minimum atomic E-state index is -4.86. The number of amides is 1. The highest BCUT2D eigenvalue weighted by molar-refractivity contribution is 5.94. The number of rotatable bonds is 5. The number of alkyl halides is 3. The lowest BCUT2D eigenvalue weighted by Gasteiger charge is -2.11. The van der Waals surface area contributed by atoms with Gasteiger partial charge in [0.1, 0.15) is 11.6 Å². The van der Waals surface area contributed by atoms with Gasteiger partial charge < -0.3 is 10.1 Å². The van der Waals surface area contributed by atoms with Gasteiger partial charge in [-0.1, -0.05) is 0 Å². The third kappa shape index (κ3) is 5.03. The third-order valence-corrected chi connectivity index (χ3v) is 3.19. The van der Waals surface area contributed by atoms with Gasteiger partial charge in [-0.25, -0.2) is 4.39 Å². The Hall–Kier alpha value is -2.90. The van der Waals surface area contributed by atoms with Crippen molar-refractivity contribution in [1.29, 1.82) is 0 Å². The van der Waals surface area contributed by atoms with Gasteiger partial charge in [0, 0.05) is 11.3 Å². The number of hydrogen-bond donors (Lipinski definition) is 1. The standard InChI is InChI=1S/C17H13F4NO3/c1-10(23)11-2-5-13(6-3-11)25-9-16(24)22-12-4-7-15(18)14(8-12)17(19,20)21/h2-8H,9H2,1H3,(H,22,24). The normalized spacial score (nSPS) is 11.1. The number of ketones is 1. The summed E-state index contributed by atoms with van der Waals surface area (Å²) in [6.45, 7) is 0.944. The summed E-state index contributed by atoms with van der Waals surface area (Å²) in [5.74, 6) is -1.95. The molecule has 1 amide bonds. The van der Waals surface area contributed by atoms with Crippen LogP contribution in [-0.2, 0) is 11.0 Å². The monoisotopic (exact) mass is 355 g/mol. The lowest BCUT2D eigenvalue weighted by Crippen LogP contribution is -2.20. The van der Waals surface area contributed by atoms with Gasteiger partial charge in [-0.15, -0.1) is 0 Å². The van der Waals surface area contributed by atoms with Crippen LogP contribution >= 0.6 is 0 Å². The van der Waals surface area contributed by atoms with Gasteiger partial charge in [-0.2, -0.15) is 13.2 Å². The molecule has 0 heterocycles. The molecule has 0 aliphatic heterocycles. The number of benzene rings is 2. The zero-order valence-electron chi connectivity index (χ0n) is 13.0. The molecule has 4 nitrogen and oxygen atoms in total. The highest BCUT2D eigenvalue weighted by Crippen LogP contribution is 2.32. The number of Topliss-reactive ketones (excluding diaryl/α,β-unsaturated/α-hetero) is 1. The van der Waals surface area contributed by atoms with Crippen LogP contribution in [0.1, 0.15) is 22.8 Å². The van der Waals surface area contributed by atoms with Crippen LogP contribution in [-0.4, -0.2) is 18.3 Å². The molecule has 0 saturated carbocycles. The Bertz CT molecular complexity index is 785. The highest BCUT2D eigenvalue weighted by Gasteiger charge is 2.34. The van der Waals surface area contributed by atoms with Crippen LogP contribution < -0.4 is 10.1 Å². The summed E-state index contributed by atoms with van der Waals surface area (Å²) in [6.07, 6.45) is -4.86. The molecule has 1 N–H and O–H groups in total. The maximum absolute atomic E-state index is 13.2. The summed E-state index contributed by atoms with van der Waals surface area (Å²) in [5.41, 5.74) is -1.19. The molecule has 0 spiro atoms. The number of nitrogens with one attached hydrogen (secondary N) is 1. The second kappa shape index (κ2) is 7.33. The van der Waals surface area contributed by atoms with E-state index < -0.39 is 30.1 Å². The van der Waals surface area contributed by atoms with Crippen LogP contribution in [0.15, 0.2) is 42.5 Å². The Labute approximate surface area is 140 Å². The van der Waals surface area contributed by atoms with Crippen molar-refractivity contribution in [2.24, 2.45) is 0 Å². The van der Waals surface area contributed by atoms with E-state index in [2.05, 4.69) is 5.32 Å². The van der Waals surface area contributed by atoms with Crippen molar-refractivity contribution in [3.63, 3.8) is 0 Å². The molecule has 0 fully saturated rings. The molecule has 2 aromatic carbocycles. The Morgan fingerprint density at radius 1 is 1.08 bits per heavy atom. The Morgan fingerprint density at radius 2 is 1.72 bits per heavy atom. The van der Waals surface area contributed by atoms with E-state index in [1.165, 1.54) is 31.2 Å². The van der Waals surface area contributed by atoms with Crippen molar-refractivity contribution in [3.05, 3.63) is 59.4 Å². The molecule has 2 rings (SSSR count). The summed E-state index contributed by atoms with van der Waals surface area (Å²) in [6, 6.07) is 8.17. The van der Waals surface area contributed by atoms with Crippen LogP contribution in [0.5, 0.6) is 5.75 Å². The molecule has 0 saturated heterocycles. The molecule has 0 unspecified atom stereocenters. The third-order valence-electron chi connectivity index (χ3n) is 3.19. The van der Waals surface area contributed by atoms with Gasteiger partial charge in [0.25, 0.3) is 5.91 Å². The van der Waals surface area contributed by atoms with E-state index >= 15 is 0 Å². The SMILES string of the molecule is CC(=O)c1ccc(OCC(=O)Nc2ccc(F)c(C(F)(F)F)c2)cc1. The molecule has 0 aromatic heterocycles. The Balaban J connectivity index is 1.97. The van der Waals surface area contributed by atoms with Gasteiger partial charge in [0.2, 0.25) is 0 Å². The number of hydrogen-bond acceptors (Lipinski definition) is 3. The van der Waals surface area contributed by atoms with Crippen molar-refractivity contribution in [2.75, 3.05) is 11.9 Å². The van der Waals surface area contributed by atoms with Gasteiger partial charge in [-0.3, -0.25) is 9.59 Å².